The number of aromatic amines is 1. The van der Waals surface area contributed by atoms with E-state index in [2.05, 4.69) is 41.5 Å². The van der Waals surface area contributed by atoms with E-state index in [1.54, 1.807) is 27.7 Å². The molecule has 1 saturated heterocycles. The highest BCUT2D eigenvalue weighted by atomic mass is 16.4. The zero-order valence-electron chi connectivity index (χ0n) is 36.4. The lowest BCUT2D eigenvalue weighted by molar-refractivity contribution is -0.149. The number of aromatic hydroxyl groups is 1. The van der Waals surface area contributed by atoms with Crippen LogP contribution in [0.5, 0.6) is 5.75 Å². The molecule has 0 bridgehead atoms. The highest BCUT2D eigenvalue weighted by molar-refractivity contribution is 5.97. The first-order valence-corrected chi connectivity index (χ1v) is 21.0. The van der Waals surface area contributed by atoms with Gasteiger partial charge in [0, 0.05) is 37.8 Å². The summed E-state index contributed by atoms with van der Waals surface area (Å²) in [5.74, 6) is -8.67. The summed E-state index contributed by atoms with van der Waals surface area (Å²) in [7, 11) is 0. The van der Waals surface area contributed by atoms with Crippen LogP contribution >= 0.6 is 0 Å². The SMILES string of the molecule is CC[C@H](C)[C@@H](NC(=O)[C@@H](Cc1ccc(O)cc1)NC(=O)[C@H](NC(=O)[C@@H](CCCN=C(N)N)NC(=O)[C@@H](N)CC(=O)O)C(C)C)C(=O)N[C@@H](Cc1cnc[nH]1)C(=O)N1CCC[C@@H]1C(=O)O. The Balaban J connectivity index is 1.91. The molecule has 3 rings (SSSR count). The molecule has 1 aromatic carbocycles. The summed E-state index contributed by atoms with van der Waals surface area (Å²) < 4.78 is 0. The molecule has 23 heteroatoms. The van der Waals surface area contributed by atoms with Gasteiger partial charge in [-0.05, 0) is 55.2 Å². The number of phenols is 1. The van der Waals surface area contributed by atoms with E-state index in [-0.39, 0.29) is 56.9 Å². The van der Waals surface area contributed by atoms with Crippen molar-refractivity contribution in [3.63, 3.8) is 0 Å². The number of aliphatic carboxylic acids is 2. The van der Waals surface area contributed by atoms with Crippen molar-refractivity contribution < 1.29 is 53.7 Å². The fourth-order valence-corrected chi connectivity index (χ4v) is 6.98. The molecule has 15 N–H and O–H groups in total. The fourth-order valence-electron chi connectivity index (χ4n) is 6.98. The molecule has 0 spiro atoms. The smallest absolute Gasteiger partial charge is 0.326 e. The summed E-state index contributed by atoms with van der Waals surface area (Å²) in [5, 5.41) is 42.0. The van der Waals surface area contributed by atoms with Gasteiger partial charge in [0.2, 0.25) is 35.4 Å². The molecule has 0 aliphatic carbocycles. The molecule has 1 aliphatic rings. The van der Waals surface area contributed by atoms with Crippen LogP contribution < -0.4 is 43.8 Å². The number of H-pyrrole nitrogens is 1. The van der Waals surface area contributed by atoms with Crippen LogP contribution in [0.2, 0.25) is 0 Å². The molecule has 23 nitrogen and oxygen atoms in total. The minimum Gasteiger partial charge on any atom is -0.508 e. The lowest BCUT2D eigenvalue weighted by atomic mass is 9.96. The van der Waals surface area contributed by atoms with Crippen LogP contribution in [0.15, 0.2) is 41.8 Å². The Labute approximate surface area is 370 Å². The number of carboxylic acids is 2. The van der Waals surface area contributed by atoms with Crippen molar-refractivity contribution in [3.05, 3.63) is 48.0 Å². The number of nitrogens with two attached hydrogens (primary N) is 3. The Morgan fingerprint density at radius 3 is 2.03 bits per heavy atom. The van der Waals surface area contributed by atoms with Crippen molar-refractivity contribution in [1.82, 2.24) is 41.5 Å². The standard InChI is InChI=1S/C41H62N12O11/c1-5-22(4)33(38(61)50-29(17-24-19-45-20-47-24)39(62)53-15-7-9-30(53)40(63)64)52-36(59)28(16-23-10-12-25(54)13-11-23)49-37(60)32(21(2)3)51-35(58)27(8-6-14-46-41(43)44)48-34(57)26(42)18-31(55)56/h10-13,19-22,26-30,32-33,54H,5-9,14-18,42H2,1-4H3,(H,45,47)(H,48,57)(H,49,60)(H,50,61)(H,51,58)(H,52,59)(H,55,56)(H,63,64)(H4,43,44,46)/t22-,26-,27+,28+,29-,30+,32+,33+/m0/s1. The van der Waals surface area contributed by atoms with E-state index in [0.717, 1.165) is 0 Å². The van der Waals surface area contributed by atoms with Gasteiger partial charge in [0.15, 0.2) is 5.96 Å². The van der Waals surface area contributed by atoms with E-state index in [4.69, 9.17) is 22.3 Å². The van der Waals surface area contributed by atoms with Crippen LogP contribution in [0.4, 0.5) is 0 Å². The number of rotatable bonds is 25. The van der Waals surface area contributed by atoms with E-state index in [1.807, 2.05) is 0 Å². The zero-order chi connectivity index (χ0) is 47.7. The van der Waals surface area contributed by atoms with Gasteiger partial charge in [-0.15, -0.1) is 0 Å². The van der Waals surface area contributed by atoms with Gasteiger partial charge in [0.1, 0.15) is 42.0 Å². The average Bonchev–Trinajstić information content (AvgIpc) is 3.95. The van der Waals surface area contributed by atoms with E-state index < -0.39 is 108 Å². The fraction of sp³-hybridized carbons (Fsp3) is 0.561. The third-order valence-corrected chi connectivity index (χ3v) is 10.8. The number of nitrogens with one attached hydrogen (secondary N) is 6. The summed E-state index contributed by atoms with van der Waals surface area (Å²) in [4.78, 5) is 118. The molecule has 6 amide bonds. The third kappa shape index (κ3) is 15.8. The third-order valence-electron chi connectivity index (χ3n) is 10.8. The second kappa shape index (κ2) is 24.8. The summed E-state index contributed by atoms with van der Waals surface area (Å²) in [6.07, 6.45) is 3.14. The normalized spacial score (nSPS) is 16.8. The predicted molar refractivity (Wildman–Crippen MR) is 231 cm³/mol. The van der Waals surface area contributed by atoms with Crippen LogP contribution in [0.1, 0.15) is 77.5 Å². The molecule has 352 valence electrons. The number of carbonyl (C=O) groups is 8. The Morgan fingerprint density at radius 1 is 0.844 bits per heavy atom. The molecule has 0 unspecified atom stereocenters. The van der Waals surface area contributed by atoms with Crippen LogP contribution in [0.3, 0.4) is 0 Å². The van der Waals surface area contributed by atoms with E-state index in [9.17, 15) is 48.6 Å². The van der Waals surface area contributed by atoms with E-state index >= 15 is 0 Å². The van der Waals surface area contributed by atoms with Crippen molar-refractivity contribution >= 4 is 53.3 Å². The van der Waals surface area contributed by atoms with Crippen molar-refractivity contribution in [2.45, 2.75) is 121 Å². The number of likely N-dealkylation sites (tertiary alicyclic amines) is 1. The Kier molecular flexibility index (Phi) is 19.9. The molecular weight excluding hydrogens is 837 g/mol. The molecule has 64 heavy (non-hydrogen) atoms. The maximum atomic E-state index is 14.3. The monoisotopic (exact) mass is 898 g/mol. The minimum atomic E-state index is -1.49. The Morgan fingerprint density at radius 2 is 1.45 bits per heavy atom. The molecule has 0 saturated carbocycles. The largest absolute Gasteiger partial charge is 0.508 e. The Hall–Kier alpha value is -6.78. The van der Waals surface area contributed by atoms with Gasteiger partial charge in [-0.3, -0.25) is 38.6 Å². The number of benzene rings is 1. The van der Waals surface area contributed by atoms with Gasteiger partial charge in [0.05, 0.1) is 18.8 Å². The highest BCUT2D eigenvalue weighted by Gasteiger charge is 2.40. The van der Waals surface area contributed by atoms with Gasteiger partial charge >= 0.3 is 11.9 Å². The van der Waals surface area contributed by atoms with Gasteiger partial charge in [-0.2, -0.15) is 0 Å². The number of imidazole rings is 1. The first-order chi connectivity index (χ1) is 30.2. The lowest BCUT2D eigenvalue weighted by Gasteiger charge is -2.31. The van der Waals surface area contributed by atoms with E-state index in [1.165, 1.54) is 41.7 Å². The first-order valence-electron chi connectivity index (χ1n) is 21.0. The van der Waals surface area contributed by atoms with Crippen molar-refractivity contribution in [2.75, 3.05) is 13.1 Å². The van der Waals surface area contributed by atoms with Crippen molar-refractivity contribution in [3.8, 4) is 5.75 Å². The number of carbonyl (C=O) groups excluding carboxylic acids is 6. The number of aliphatic imine (C=N–C) groups is 1. The van der Waals surface area contributed by atoms with Gasteiger partial charge in [0.25, 0.3) is 0 Å². The van der Waals surface area contributed by atoms with Crippen molar-refractivity contribution in [2.24, 2.45) is 34.0 Å². The number of nitrogens with zero attached hydrogens (tertiary/aromatic N) is 3. The average molecular weight is 899 g/mol. The van der Waals surface area contributed by atoms with Gasteiger partial charge in [-0.25, -0.2) is 9.78 Å². The van der Waals surface area contributed by atoms with Crippen LogP contribution in [-0.4, -0.2) is 139 Å². The second-order valence-electron chi connectivity index (χ2n) is 16.1. The summed E-state index contributed by atoms with van der Waals surface area (Å²) in [6.45, 7) is 6.98. The first kappa shape index (κ1) is 51.6. The predicted octanol–water partition coefficient (Wildman–Crippen LogP) is -2.04. The molecule has 1 aliphatic heterocycles. The summed E-state index contributed by atoms with van der Waals surface area (Å²) >= 11 is 0. The molecular formula is C41H62N12O11. The number of guanidine groups is 1. The van der Waals surface area contributed by atoms with Crippen molar-refractivity contribution in [1.29, 1.82) is 0 Å². The minimum absolute atomic E-state index is 0.0436. The van der Waals surface area contributed by atoms with Gasteiger partial charge < -0.3 is 69.0 Å². The molecule has 8 atom stereocenters. The lowest BCUT2D eigenvalue weighted by Crippen LogP contribution is -2.62. The number of hydrogen-bond acceptors (Lipinski definition) is 12. The van der Waals surface area contributed by atoms with E-state index in [0.29, 0.717) is 24.1 Å². The van der Waals surface area contributed by atoms with Crippen LogP contribution in [0.25, 0.3) is 0 Å². The number of aromatic nitrogens is 2. The second-order valence-corrected chi connectivity index (χ2v) is 16.1. The van der Waals surface area contributed by atoms with Crippen LogP contribution in [0, 0.1) is 11.8 Å². The Bertz CT molecular complexity index is 1960. The highest BCUT2D eigenvalue weighted by Crippen LogP contribution is 2.20. The molecule has 1 aromatic heterocycles. The number of carboxylic acid groups (broad SMARTS) is 2. The number of phenolic OH excluding ortho intramolecular Hbond substituents is 1. The maximum Gasteiger partial charge on any atom is 0.326 e. The summed E-state index contributed by atoms with van der Waals surface area (Å²) in [6, 6.07) is -3.26. The van der Waals surface area contributed by atoms with Gasteiger partial charge in [-0.1, -0.05) is 46.2 Å². The number of hydrogen-bond donors (Lipinski definition) is 12. The zero-order valence-corrected chi connectivity index (χ0v) is 36.4. The molecule has 1 fully saturated rings. The summed E-state index contributed by atoms with van der Waals surface area (Å²) in [5.41, 5.74) is 17.5. The molecule has 2 heterocycles. The topological polar surface area (TPSA) is 380 Å². The molecule has 0 radical (unpaired) electrons. The van der Waals surface area contributed by atoms with Crippen LogP contribution in [-0.2, 0) is 51.2 Å². The maximum absolute atomic E-state index is 14.3. The number of amides is 6. The molecule has 2 aromatic rings. The quantitative estimate of drug-likeness (QED) is 0.0290.